The van der Waals surface area contributed by atoms with E-state index in [-0.39, 0.29) is 0 Å². The van der Waals surface area contributed by atoms with Gasteiger partial charge in [-0.15, -0.1) is 0 Å². The lowest BCUT2D eigenvalue weighted by molar-refractivity contribution is 0.0615. The quantitative estimate of drug-likeness (QED) is 0.275. The summed E-state index contributed by atoms with van der Waals surface area (Å²) in [6.07, 6.45) is 25.3. The molecule has 1 saturated heterocycles. The Morgan fingerprint density at radius 1 is 0.432 bits per heavy atom. The van der Waals surface area contributed by atoms with Gasteiger partial charge in [-0.3, -0.25) is 0 Å². The Bertz CT molecular complexity index is 973. The van der Waals surface area contributed by atoms with Crippen LogP contribution in [-0.4, -0.2) is 8.07 Å². The average Bonchev–Trinajstić information content (AvgIpc) is 3.61. The predicted octanol–water partition coefficient (Wildman–Crippen LogP) is 13.3. The van der Waals surface area contributed by atoms with Crippen LogP contribution in [0.4, 0.5) is 0 Å². The fourth-order valence-electron chi connectivity index (χ4n) is 16.1. The van der Waals surface area contributed by atoms with Crippen molar-refractivity contribution in [2.75, 3.05) is 0 Å². The van der Waals surface area contributed by atoms with E-state index in [4.69, 9.17) is 0 Å². The Morgan fingerprint density at radius 2 is 0.864 bits per heavy atom. The molecule has 1 aliphatic heterocycles. The molecule has 0 radical (unpaired) electrons. The highest BCUT2D eigenvalue weighted by Gasteiger charge is 2.66. The molecule has 7 fully saturated rings. The highest BCUT2D eigenvalue weighted by Crippen LogP contribution is 2.72. The summed E-state index contributed by atoms with van der Waals surface area (Å²) in [5.41, 5.74) is 3.41. The van der Waals surface area contributed by atoms with Crippen molar-refractivity contribution in [1.82, 2.24) is 0 Å². The van der Waals surface area contributed by atoms with Crippen LogP contribution in [0.3, 0.4) is 0 Å². The molecule has 0 amide bonds. The van der Waals surface area contributed by atoms with E-state index in [0.29, 0.717) is 10.8 Å². The molecule has 0 nitrogen and oxygen atoms in total. The third kappa shape index (κ3) is 5.60. The van der Waals surface area contributed by atoms with E-state index in [1.54, 1.807) is 83.1 Å². The summed E-state index contributed by atoms with van der Waals surface area (Å²) >= 11 is 0. The Balaban J connectivity index is 1.08. The van der Waals surface area contributed by atoms with Gasteiger partial charge in [-0.05, 0) is 176 Å². The minimum atomic E-state index is -1.36. The summed E-state index contributed by atoms with van der Waals surface area (Å²) in [5.74, 6) is 14.0. The van der Waals surface area contributed by atoms with Crippen molar-refractivity contribution in [3.8, 4) is 0 Å². The number of fused-ring (bicyclic) bond motifs is 4. The van der Waals surface area contributed by atoms with E-state index in [1.165, 1.54) is 36.8 Å². The molecular weight excluding hydrogens is 545 g/mol. The fourth-order valence-corrected chi connectivity index (χ4v) is 24.4. The minimum Gasteiger partial charge on any atom is -0.0687 e. The molecule has 0 aromatic carbocycles. The van der Waals surface area contributed by atoms with Crippen LogP contribution in [-0.2, 0) is 0 Å². The average molecular weight is 621 g/mol. The van der Waals surface area contributed by atoms with Gasteiger partial charge < -0.3 is 0 Å². The van der Waals surface area contributed by atoms with Crippen LogP contribution in [0.1, 0.15) is 158 Å². The van der Waals surface area contributed by atoms with Gasteiger partial charge in [-0.1, -0.05) is 93.7 Å². The molecule has 0 bridgehead atoms. The maximum Gasteiger partial charge on any atom is 0.0580 e. The molecule has 0 N–H and O–H groups in total. The molecule has 7 rings (SSSR count). The van der Waals surface area contributed by atoms with Gasteiger partial charge in [0.2, 0.25) is 0 Å². The van der Waals surface area contributed by atoms with Crippen LogP contribution < -0.4 is 0 Å². The third-order valence-corrected chi connectivity index (χ3v) is 24.2. The first-order valence-corrected chi connectivity index (χ1v) is 23.6. The summed E-state index contributed by atoms with van der Waals surface area (Å²) in [4.78, 5) is 0. The second-order valence-corrected chi connectivity index (χ2v) is 26.4. The molecule has 1 heteroatoms. The molecule has 6 saturated carbocycles. The lowest BCUT2D eigenvalue weighted by atomic mass is 9.61. The second kappa shape index (κ2) is 12.0. The van der Waals surface area contributed by atoms with E-state index >= 15 is 0 Å². The van der Waals surface area contributed by atoms with Crippen molar-refractivity contribution in [3.05, 3.63) is 0 Å². The van der Waals surface area contributed by atoms with Gasteiger partial charge >= 0.3 is 0 Å². The lowest BCUT2D eigenvalue weighted by Gasteiger charge is -2.50. The van der Waals surface area contributed by atoms with Gasteiger partial charge in [0, 0.05) is 0 Å². The van der Waals surface area contributed by atoms with Crippen LogP contribution in [0, 0.1) is 87.8 Å². The van der Waals surface area contributed by atoms with E-state index in [2.05, 4.69) is 61.9 Å². The first-order valence-electron chi connectivity index (χ1n) is 20.8. The third-order valence-electron chi connectivity index (χ3n) is 17.8. The van der Waals surface area contributed by atoms with Crippen LogP contribution >= 0.6 is 0 Å². The van der Waals surface area contributed by atoms with Crippen LogP contribution in [0.15, 0.2) is 0 Å². The molecule has 44 heavy (non-hydrogen) atoms. The van der Waals surface area contributed by atoms with Gasteiger partial charge in [0.25, 0.3) is 0 Å². The molecule has 0 aromatic heterocycles. The zero-order chi connectivity index (χ0) is 31.2. The topological polar surface area (TPSA) is 0 Å². The summed E-state index contributed by atoms with van der Waals surface area (Å²) in [6.45, 7) is 23.7. The normalized spacial score (nSPS) is 53.2. The van der Waals surface area contributed by atoms with Gasteiger partial charge in [0.1, 0.15) is 0 Å². The standard InChI is InChI=1S/C43H76Si/c1-27-24-38-33(29-16-20-31(21-17-29)42(3,4)5)12-10-14-35(38)40(27)44(9)26-28(2)37-25-39-34(13-11-15-36(39)41(37)44)30-18-22-32(23-19-30)43(6,7)8/h27-41H,10-26H2,1-9H3. The van der Waals surface area contributed by atoms with Crippen molar-refractivity contribution in [3.63, 3.8) is 0 Å². The molecule has 1 heterocycles. The van der Waals surface area contributed by atoms with Gasteiger partial charge in [0.15, 0.2) is 0 Å². The Hall–Kier alpha value is 0.217. The fraction of sp³-hybridized carbons (Fsp3) is 1.00. The van der Waals surface area contributed by atoms with E-state index in [9.17, 15) is 0 Å². The summed E-state index contributed by atoms with van der Waals surface area (Å²) in [5, 5.41) is 0. The highest BCUT2D eigenvalue weighted by molar-refractivity contribution is 6.82. The van der Waals surface area contributed by atoms with Crippen LogP contribution in [0.5, 0.6) is 0 Å². The molecule has 12 atom stereocenters. The molecule has 252 valence electrons. The lowest BCUT2D eigenvalue weighted by Crippen LogP contribution is -2.47. The molecular formula is C43H76Si. The van der Waals surface area contributed by atoms with Gasteiger partial charge in [-0.2, -0.15) is 0 Å². The first kappa shape index (κ1) is 32.7. The molecule has 0 spiro atoms. The Labute approximate surface area is 276 Å². The summed E-state index contributed by atoms with van der Waals surface area (Å²) < 4.78 is 0. The smallest absolute Gasteiger partial charge is 0.0580 e. The predicted molar refractivity (Wildman–Crippen MR) is 193 cm³/mol. The van der Waals surface area contributed by atoms with Crippen molar-refractivity contribution in [2.24, 2.45) is 87.8 Å². The highest BCUT2D eigenvalue weighted by atomic mass is 28.3. The van der Waals surface area contributed by atoms with E-state index in [0.717, 1.165) is 76.9 Å². The van der Waals surface area contributed by atoms with Crippen molar-refractivity contribution in [2.45, 2.75) is 182 Å². The zero-order valence-corrected chi connectivity index (χ0v) is 32.2. The van der Waals surface area contributed by atoms with Crippen LogP contribution in [0.25, 0.3) is 0 Å². The van der Waals surface area contributed by atoms with Crippen molar-refractivity contribution >= 4 is 8.07 Å². The Kier molecular flexibility index (Phi) is 8.91. The maximum atomic E-state index is 3.07. The monoisotopic (exact) mass is 621 g/mol. The van der Waals surface area contributed by atoms with Crippen LogP contribution in [0.2, 0.25) is 23.7 Å². The van der Waals surface area contributed by atoms with E-state index in [1.807, 2.05) is 0 Å². The molecule has 6 aliphatic carbocycles. The molecule has 7 aliphatic rings. The van der Waals surface area contributed by atoms with Crippen molar-refractivity contribution in [1.29, 1.82) is 0 Å². The summed E-state index contributed by atoms with van der Waals surface area (Å²) in [7, 11) is -1.36. The number of hydrogen-bond acceptors (Lipinski definition) is 0. The number of hydrogen-bond donors (Lipinski definition) is 0. The van der Waals surface area contributed by atoms with Crippen molar-refractivity contribution < 1.29 is 0 Å². The molecule has 12 unspecified atom stereocenters. The maximum absolute atomic E-state index is 3.07. The SMILES string of the molecule is CC1C[Si](C)(C2C(C)CC3C(C4CCC(C(C)(C)C)CC4)CCCC32)C2C1CC1C(C3CCC(C(C)(C)C)CC3)CCCC12. The summed E-state index contributed by atoms with van der Waals surface area (Å²) in [6, 6.07) is 1.71. The van der Waals surface area contributed by atoms with Gasteiger partial charge in [-0.25, -0.2) is 0 Å². The Morgan fingerprint density at radius 3 is 1.34 bits per heavy atom. The largest absolute Gasteiger partial charge is 0.0687 e. The second-order valence-electron chi connectivity index (χ2n) is 21.7. The number of rotatable bonds is 3. The first-order chi connectivity index (χ1) is 20.8. The van der Waals surface area contributed by atoms with E-state index < -0.39 is 8.07 Å². The van der Waals surface area contributed by atoms with Gasteiger partial charge in [0.05, 0.1) is 8.07 Å². The minimum absolute atomic E-state index is 0.520. The molecule has 0 aromatic rings. The zero-order valence-electron chi connectivity index (χ0n) is 31.2.